The van der Waals surface area contributed by atoms with E-state index in [2.05, 4.69) is 30.9 Å². The Hall–Kier alpha value is -5.14. The maximum Gasteiger partial charge on any atom is 0.337 e. The predicted octanol–water partition coefficient (Wildman–Crippen LogP) is 4.08. The van der Waals surface area contributed by atoms with Gasteiger partial charge < -0.3 is 29.8 Å². The highest BCUT2D eigenvalue weighted by Gasteiger charge is 2.52. The number of imidazole rings is 1. The highest BCUT2D eigenvalue weighted by Crippen LogP contribution is 2.46. The maximum absolute atomic E-state index is 13.2. The van der Waals surface area contributed by atoms with Crippen molar-refractivity contribution < 1.29 is 29.0 Å². The molecular formula is C31H31N7O6. The Morgan fingerprint density at radius 2 is 1.77 bits per heavy atom. The zero-order valence-electron chi connectivity index (χ0n) is 23.8. The van der Waals surface area contributed by atoms with Crippen LogP contribution in [0.4, 0.5) is 16.3 Å². The molecule has 4 unspecified atom stereocenters. The molecule has 1 saturated heterocycles. The summed E-state index contributed by atoms with van der Waals surface area (Å²) >= 11 is 0. The van der Waals surface area contributed by atoms with E-state index in [1.807, 2.05) is 54.0 Å². The number of benzene rings is 2. The Balaban J connectivity index is 1.26. The Kier molecular flexibility index (Phi) is 8.30. The number of carboxylic acids is 1. The largest absolute Gasteiger partial charge is 0.478 e. The number of ether oxygens (including phenoxy) is 2. The zero-order valence-corrected chi connectivity index (χ0v) is 23.8. The average Bonchev–Trinajstić information content (AvgIpc) is 3.72. The number of rotatable bonds is 9. The SMILES string of the molecule is CCNC(=O)Nc1ncnc2c1ncn2C1CC(CC(=O)Nc2ccccc2C(=O)O)C2O[C@H](C=Cc3ccccc3)OC21. The summed E-state index contributed by atoms with van der Waals surface area (Å²) in [5.74, 6) is -1.45. The normalized spacial score (nSPS) is 22.6. The first kappa shape index (κ1) is 29.0. The van der Waals surface area contributed by atoms with Gasteiger partial charge in [0.1, 0.15) is 12.4 Å². The van der Waals surface area contributed by atoms with E-state index in [-0.39, 0.29) is 41.4 Å². The molecule has 6 rings (SSSR count). The number of anilines is 2. The molecule has 3 amide bonds. The number of fused-ring (bicyclic) bond motifs is 2. The molecule has 4 aromatic rings. The molecule has 2 fully saturated rings. The summed E-state index contributed by atoms with van der Waals surface area (Å²) in [5, 5.41) is 17.7. The van der Waals surface area contributed by atoms with E-state index >= 15 is 0 Å². The highest BCUT2D eigenvalue weighted by atomic mass is 16.7. The van der Waals surface area contributed by atoms with E-state index in [0.29, 0.717) is 24.1 Å². The minimum absolute atomic E-state index is 0.0104. The second-order valence-electron chi connectivity index (χ2n) is 10.5. The first-order valence-corrected chi connectivity index (χ1v) is 14.3. The molecule has 5 atom stereocenters. The van der Waals surface area contributed by atoms with Crippen molar-refractivity contribution in [3.8, 4) is 0 Å². The fourth-order valence-corrected chi connectivity index (χ4v) is 5.80. The van der Waals surface area contributed by atoms with Crippen LogP contribution in [0.25, 0.3) is 17.2 Å². The standard InChI is InChI=1S/C31H31N7O6/c1-2-32-31(42)37-28-25-29(34-16-33-28)38(17-35-25)22-14-19(15-23(39)36-21-11-7-6-10-20(21)30(40)41)26-27(22)44-24(43-26)13-12-18-8-4-3-5-9-18/h3-13,16-17,19,22,24,26-27H,2,14-15H2,1H3,(H,36,39)(H,40,41)(H2,32,33,34,37,42)/t19?,22?,24-,26?,27?/m0/s1. The van der Waals surface area contributed by atoms with Gasteiger partial charge in [0, 0.05) is 13.0 Å². The third-order valence-electron chi connectivity index (χ3n) is 7.70. The Bertz CT molecular complexity index is 1710. The molecule has 226 valence electrons. The van der Waals surface area contributed by atoms with Crippen LogP contribution < -0.4 is 16.0 Å². The van der Waals surface area contributed by atoms with E-state index < -0.39 is 30.5 Å². The predicted molar refractivity (Wildman–Crippen MR) is 161 cm³/mol. The van der Waals surface area contributed by atoms with Gasteiger partial charge in [0.15, 0.2) is 23.3 Å². The zero-order chi connectivity index (χ0) is 30.6. The summed E-state index contributed by atoms with van der Waals surface area (Å²) in [6.45, 7) is 2.27. The number of nitrogens with zero attached hydrogens (tertiary/aromatic N) is 4. The number of urea groups is 1. The van der Waals surface area contributed by atoms with Gasteiger partial charge >= 0.3 is 12.0 Å². The lowest BCUT2D eigenvalue weighted by Gasteiger charge is -2.19. The second-order valence-corrected chi connectivity index (χ2v) is 10.5. The van der Waals surface area contributed by atoms with Gasteiger partial charge in [-0.15, -0.1) is 0 Å². The fourth-order valence-electron chi connectivity index (χ4n) is 5.80. The maximum atomic E-state index is 13.2. The van der Waals surface area contributed by atoms with E-state index in [9.17, 15) is 19.5 Å². The number of amides is 3. The molecule has 1 aliphatic heterocycles. The minimum Gasteiger partial charge on any atom is -0.478 e. The Morgan fingerprint density at radius 3 is 2.57 bits per heavy atom. The summed E-state index contributed by atoms with van der Waals surface area (Å²) in [6, 6.07) is 15.4. The molecular weight excluding hydrogens is 566 g/mol. The summed E-state index contributed by atoms with van der Waals surface area (Å²) in [4.78, 5) is 50.2. The molecule has 1 saturated carbocycles. The highest BCUT2D eigenvalue weighted by molar-refractivity contribution is 6.00. The smallest absolute Gasteiger partial charge is 0.337 e. The van der Waals surface area contributed by atoms with Crippen molar-refractivity contribution in [3.05, 3.63) is 84.5 Å². The van der Waals surface area contributed by atoms with Gasteiger partial charge in [0.25, 0.3) is 0 Å². The van der Waals surface area contributed by atoms with Crippen LogP contribution in [-0.2, 0) is 14.3 Å². The van der Waals surface area contributed by atoms with Gasteiger partial charge in [0.05, 0.1) is 29.7 Å². The topological polar surface area (TPSA) is 170 Å². The van der Waals surface area contributed by atoms with Crippen LogP contribution >= 0.6 is 0 Å². The van der Waals surface area contributed by atoms with Gasteiger partial charge in [-0.2, -0.15) is 0 Å². The first-order valence-electron chi connectivity index (χ1n) is 14.3. The van der Waals surface area contributed by atoms with Crippen LogP contribution in [0.1, 0.15) is 41.7 Å². The summed E-state index contributed by atoms with van der Waals surface area (Å²) < 4.78 is 14.6. The number of aromatic nitrogens is 4. The average molecular weight is 598 g/mol. The second kappa shape index (κ2) is 12.6. The lowest BCUT2D eigenvalue weighted by Crippen LogP contribution is -2.29. The van der Waals surface area contributed by atoms with Crippen LogP contribution in [-0.4, -0.2) is 67.6 Å². The van der Waals surface area contributed by atoms with E-state index in [4.69, 9.17) is 9.47 Å². The number of hydrogen-bond donors (Lipinski definition) is 4. The number of carboxylic acid groups (broad SMARTS) is 1. The van der Waals surface area contributed by atoms with Crippen LogP contribution in [0.2, 0.25) is 0 Å². The van der Waals surface area contributed by atoms with E-state index in [1.54, 1.807) is 24.5 Å². The monoisotopic (exact) mass is 597 g/mol. The molecule has 2 aromatic heterocycles. The van der Waals surface area contributed by atoms with Gasteiger partial charge in [-0.05, 0) is 43.0 Å². The molecule has 2 aromatic carbocycles. The number of para-hydroxylation sites is 1. The van der Waals surface area contributed by atoms with Gasteiger partial charge in [-0.3, -0.25) is 10.1 Å². The van der Waals surface area contributed by atoms with Crippen molar-refractivity contribution >= 4 is 46.7 Å². The molecule has 0 spiro atoms. The lowest BCUT2D eigenvalue weighted by atomic mass is 10.0. The minimum atomic E-state index is -1.13. The van der Waals surface area contributed by atoms with E-state index in [0.717, 1.165) is 5.56 Å². The third-order valence-corrected chi connectivity index (χ3v) is 7.70. The summed E-state index contributed by atoms with van der Waals surface area (Å²) in [5.41, 5.74) is 2.15. The van der Waals surface area contributed by atoms with Crippen molar-refractivity contribution in [2.24, 2.45) is 5.92 Å². The fraction of sp³-hybridized carbons (Fsp3) is 0.290. The molecule has 13 nitrogen and oxygen atoms in total. The van der Waals surface area contributed by atoms with Crippen molar-refractivity contribution in [2.75, 3.05) is 17.2 Å². The van der Waals surface area contributed by atoms with Crippen molar-refractivity contribution in [1.82, 2.24) is 24.8 Å². The van der Waals surface area contributed by atoms with Crippen LogP contribution in [0.5, 0.6) is 0 Å². The number of aromatic carboxylic acids is 1. The molecule has 4 N–H and O–H groups in total. The molecule has 0 radical (unpaired) electrons. The Labute approximate surface area is 252 Å². The van der Waals surface area contributed by atoms with Crippen LogP contribution in [0.15, 0.2) is 73.3 Å². The lowest BCUT2D eigenvalue weighted by molar-refractivity contribution is -0.118. The molecule has 3 heterocycles. The third kappa shape index (κ3) is 6.00. The summed E-state index contributed by atoms with van der Waals surface area (Å²) in [7, 11) is 0. The molecule has 2 aliphatic rings. The van der Waals surface area contributed by atoms with Crippen molar-refractivity contribution in [2.45, 2.75) is 44.3 Å². The molecule has 44 heavy (non-hydrogen) atoms. The number of nitrogens with one attached hydrogen (secondary N) is 3. The van der Waals surface area contributed by atoms with Crippen molar-refractivity contribution in [3.63, 3.8) is 0 Å². The number of carbonyl (C=O) groups is 3. The molecule has 1 aliphatic carbocycles. The van der Waals surface area contributed by atoms with Crippen LogP contribution in [0.3, 0.4) is 0 Å². The molecule has 13 heteroatoms. The summed E-state index contributed by atoms with van der Waals surface area (Å²) in [6.07, 6.45) is 5.82. The molecule has 0 bridgehead atoms. The van der Waals surface area contributed by atoms with Crippen molar-refractivity contribution in [1.29, 1.82) is 0 Å². The Morgan fingerprint density at radius 1 is 1.00 bits per heavy atom. The quantitative estimate of drug-likeness (QED) is 0.222. The number of hydrogen-bond acceptors (Lipinski definition) is 8. The number of carbonyl (C=O) groups excluding carboxylic acids is 2. The van der Waals surface area contributed by atoms with E-state index in [1.165, 1.54) is 12.4 Å². The van der Waals surface area contributed by atoms with Crippen LogP contribution in [0, 0.1) is 5.92 Å². The van der Waals surface area contributed by atoms with Gasteiger partial charge in [0.2, 0.25) is 5.91 Å². The van der Waals surface area contributed by atoms with Gasteiger partial charge in [-0.1, -0.05) is 48.5 Å². The van der Waals surface area contributed by atoms with Gasteiger partial charge in [-0.25, -0.2) is 24.5 Å². The first-order chi connectivity index (χ1) is 21.4.